The van der Waals surface area contributed by atoms with Crippen LogP contribution in [0.1, 0.15) is 22.6 Å². The van der Waals surface area contributed by atoms with Crippen molar-refractivity contribution in [3.8, 4) is 5.75 Å². The number of ether oxygens (including phenoxy) is 2. The standard InChI is InChI=1S/C26H23N3O6/c1-4-11-28-18-10-6-5-9-17(18)26(25(28)32)20-19(35-22(27)21(26)24(31)33-3)13-15(2)29(23(20)30)14-16-8-7-12-34-16/h4-10,12-13H,1,11,14,27H2,2-3H3/t26-/m0/s1. The van der Waals surface area contributed by atoms with Gasteiger partial charge in [0.05, 0.1) is 25.5 Å². The molecule has 2 N–H and O–H groups in total. The SMILES string of the molecule is C=CCN1C(=O)[C@@]2(C(C(=O)OC)=C(N)Oc3cc(C)n(Cc4ccco4)c(=O)c32)c2ccccc21. The van der Waals surface area contributed by atoms with Crippen molar-refractivity contribution < 1.29 is 23.5 Å². The van der Waals surface area contributed by atoms with Gasteiger partial charge in [-0.3, -0.25) is 9.59 Å². The number of furan rings is 1. The summed E-state index contributed by atoms with van der Waals surface area (Å²) in [5.41, 5.74) is 5.19. The van der Waals surface area contributed by atoms with Gasteiger partial charge in [0.2, 0.25) is 11.8 Å². The zero-order chi connectivity index (χ0) is 24.9. The lowest BCUT2D eigenvalue weighted by Crippen LogP contribution is -2.52. The number of fused-ring (bicyclic) bond motifs is 4. The lowest BCUT2D eigenvalue weighted by molar-refractivity contribution is -0.138. The lowest BCUT2D eigenvalue weighted by atomic mass is 9.68. The zero-order valence-corrected chi connectivity index (χ0v) is 19.2. The van der Waals surface area contributed by atoms with Gasteiger partial charge in [-0.15, -0.1) is 6.58 Å². The molecule has 1 spiro atoms. The van der Waals surface area contributed by atoms with Crippen LogP contribution >= 0.6 is 0 Å². The molecule has 2 aromatic heterocycles. The monoisotopic (exact) mass is 473 g/mol. The van der Waals surface area contributed by atoms with Gasteiger partial charge in [-0.1, -0.05) is 24.3 Å². The normalized spacial score (nSPS) is 18.3. The molecule has 0 saturated heterocycles. The second-order valence-corrected chi connectivity index (χ2v) is 8.30. The van der Waals surface area contributed by atoms with E-state index >= 15 is 0 Å². The predicted molar refractivity (Wildman–Crippen MR) is 127 cm³/mol. The lowest BCUT2D eigenvalue weighted by Gasteiger charge is -2.35. The Morgan fingerprint density at radius 2 is 2.00 bits per heavy atom. The van der Waals surface area contributed by atoms with Gasteiger partial charge < -0.3 is 29.1 Å². The first-order valence-electron chi connectivity index (χ1n) is 10.9. The number of carbonyl (C=O) groups is 2. The average Bonchev–Trinajstić information content (AvgIpc) is 3.43. The Hall–Kier alpha value is -4.53. The van der Waals surface area contributed by atoms with Crippen LogP contribution in [0.5, 0.6) is 5.75 Å². The average molecular weight is 473 g/mol. The molecule has 1 amide bonds. The fourth-order valence-corrected chi connectivity index (χ4v) is 5.00. The number of nitrogens with zero attached hydrogens (tertiary/aromatic N) is 2. The predicted octanol–water partition coefficient (Wildman–Crippen LogP) is 2.35. The Morgan fingerprint density at radius 1 is 1.23 bits per heavy atom. The number of anilines is 1. The van der Waals surface area contributed by atoms with Crippen molar-refractivity contribution in [1.29, 1.82) is 0 Å². The number of esters is 1. The number of para-hydroxylation sites is 1. The van der Waals surface area contributed by atoms with Crippen molar-refractivity contribution >= 4 is 17.6 Å². The molecule has 2 aliphatic heterocycles. The summed E-state index contributed by atoms with van der Waals surface area (Å²) in [4.78, 5) is 43.0. The van der Waals surface area contributed by atoms with Gasteiger partial charge >= 0.3 is 5.97 Å². The second-order valence-electron chi connectivity index (χ2n) is 8.30. The van der Waals surface area contributed by atoms with E-state index in [2.05, 4.69) is 6.58 Å². The smallest absolute Gasteiger partial charge is 0.340 e. The van der Waals surface area contributed by atoms with Gasteiger partial charge in [-0.2, -0.15) is 0 Å². The van der Waals surface area contributed by atoms with Gasteiger partial charge in [0.1, 0.15) is 22.5 Å². The summed E-state index contributed by atoms with van der Waals surface area (Å²) < 4.78 is 17.7. The molecule has 0 radical (unpaired) electrons. The summed E-state index contributed by atoms with van der Waals surface area (Å²) >= 11 is 0. The molecule has 4 heterocycles. The summed E-state index contributed by atoms with van der Waals surface area (Å²) in [5.74, 6) is -1.02. The number of methoxy groups -OCH3 is 1. The maximum Gasteiger partial charge on any atom is 0.340 e. The molecule has 9 nitrogen and oxygen atoms in total. The van der Waals surface area contributed by atoms with Crippen molar-refractivity contribution in [2.75, 3.05) is 18.6 Å². The molecule has 1 aromatic carbocycles. The number of hydrogen-bond acceptors (Lipinski definition) is 7. The number of nitrogens with two attached hydrogens (primary N) is 1. The summed E-state index contributed by atoms with van der Waals surface area (Å²) in [7, 11) is 1.18. The Bertz CT molecular complexity index is 1470. The number of amides is 1. The Kier molecular flexibility index (Phi) is 5.12. The summed E-state index contributed by atoms with van der Waals surface area (Å²) in [6.07, 6.45) is 3.09. The first kappa shape index (κ1) is 22.3. The number of hydrogen-bond donors (Lipinski definition) is 1. The molecule has 2 aliphatic rings. The van der Waals surface area contributed by atoms with Crippen LogP contribution in [0, 0.1) is 6.92 Å². The third-order valence-corrected chi connectivity index (χ3v) is 6.45. The van der Waals surface area contributed by atoms with Crippen LogP contribution in [0.25, 0.3) is 0 Å². The number of aryl methyl sites for hydroxylation is 1. The molecule has 1 atom stereocenters. The molecule has 0 saturated carbocycles. The summed E-state index contributed by atoms with van der Waals surface area (Å²) in [5, 5.41) is 0. The van der Waals surface area contributed by atoms with E-state index < -0.39 is 22.9 Å². The molecule has 178 valence electrons. The molecule has 35 heavy (non-hydrogen) atoms. The number of carbonyl (C=O) groups excluding carboxylic acids is 2. The molecule has 3 aromatic rings. The van der Waals surface area contributed by atoms with Gasteiger partial charge in [-0.05, 0) is 25.1 Å². The molecule has 5 rings (SSSR count). The quantitative estimate of drug-likeness (QED) is 0.447. The van der Waals surface area contributed by atoms with E-state index in [1.54, 1.807) is 55.5 Å². The van der Waals surface area contributed by atoms with E-state index in [-0.39, 0.29) is 35.9 Å². The Balaban J connectivity index is 1.90. The van der Waals surface area contributed by atoms with Crippen LogP contribution in [0.2, 0.25) is 0 Å². The van der Waals surface area contributed by atoms with Gasteiger partial charge in [0, 0.05) is 29.6 Å². The summed E-state index contributed by atoms with van der Waals surface area (Å²) in [6.45, 7) is 5.78. The summed E-state index contributed by atoms with van der Waals surface area (Å²) in [6, 6.07) is 12.1. The molecule has 0 bridgehead atoms. The van der Waals surface area contributed by atoms with E-state index in [0.717, 1.165) is 0 Å². The highest BCUT2D eigenvalue weighted by molar-refractivity contribution is 6.18. The van der Waals surface area contributed by atoms with E-state index in [4.69, 9.17) is 19.6 Å². The largest absolute Gasteiger partial charge is 0.467 e. The highest BCUT2D eigenvalue weighted by Crippen LogP contribution is 2.54. The Morgan fingerprint density at radius 3 is 2.69 bits per heavy atom. The third-order valence-electron chi connectivity index (χ3n) is 6.45. The molecular formula is C26H23N3O6. The zero-order valence-electron chi connectivity index (χ0n) is 19.2. The van der Waals surface area contributed by atoms with Crippen LogP contribution in [0.4, 0.5) is 5.69 Å². The van der Waals surface area contributed by atoms with Crippen LogP contribution in [0.15, 0.2) is 82.1 Å². The highest BCUT2D eigenvalue weighted by atomic mass is 16.5. The first-order valence-corrected chi connectivity index (χ1v) is 10.9. The van der Waals surface area contributed by atoms with Crippen LogP contribution in [-0.2, 0) is 26.3 Å². The fourth-order valence-electron chi connectivity index (χ4n) is 5.00. The molecule has 9 heteroatoms. The molecular weight excluding hydrogens is 450 g/mol. The minimum atomic E-state index is -1.86. The molecule has 0 aliphatic carbocycles. The maximum absolute atomic E-state index is 14.3. The van der Waals surface area contributed by atoms with E-state index in [9.17, 15) is 14.4 Å². The Labute approximate surface area is 200 Å². The molecule has 0 fully saturated rings. The highest BCUT2D eigenvalue weighted by Gasteiger charge is 2.62. The van der Waals surface area contributed by atoms with Crippen LogP contribution in [0.3, 0.4) is 0 Å². The van der Waals surface area contributed by atoms with Crippen molar-refractivity contribution in [2.24, 2.45) is 5.73 Å². The first-order chi connectivity index (χ1) is 16.9. The fraction of sp³-hybridized carbons (Fsp3) is 0.192. The topological polar surface area (TPSA) is 117 Å². The van der Waals surface area contributed by atoms with E-state index in [1.165, 1.54) is 22.8 Å². The number of pyridine rings is 1. The van der Waals surface area contributed by atoms with Crippen molar-refractivity contribution in [2.45, 2.75) is 18.9 Å². The molecule has 0 unspecified atom stereocenters. The van der Waals surface area contributed by atoms with Gasteiger partial charge in [0.15, 0.2) is 0 Å². The van der Waals surface area contributed by atoms with E-state index in [1.807, 2.05) is 0 Å². The number of aromatic nitrogens is 1. The van der Waals surface area contributed by atoms with Gasteiger partial charge in [-0.25, -0.2) is 4.79 Å². The third kappa shape index (κ3) is 2.97. The number of rotatable bonds is 5. The van der Waals surface area contributed by atoms with Crippen molar-refractivity contribution in [3.63, 3.8) is 0 Å². The van der Waals surface area contributed by atoms with Gasteiger partial charge in [0.25, 0.3) is 5.56 Å². The van der Waals surface area contributed by atoms with Crippen LogP contribution in [-0.4, -0.2) is 30.1 Å². The van der Waals surface area contributed by atoms with E-state index in [0.29, 0.717) is 22.7 Å². The van der Waals surface area contributed by atoms with Crippen molar-refractivity contribution in [1.82, 2.24) is 4.57 Å². The minimum absolute atomic E-state index is 0.00623. The second kappa shape index (κ2) is 8.05. The van der Waals surface area contributed by atoms with Crippen molar-refractivity contribution in [3.05, 3.63) is 106 Å². The maximum atomic E-state index is 14.3. The van der Waals surface area contributed by atoms with Crippen LogP contribution < -0.4 is 20.9 Å². The minimum Gasteiger partial charge on any atom is -0.467 e. The number of benzene rings is 1.